The number of carbonyl (C=O) groups is 3. The van der Waals surface area contributed by atoms with E-state index in [1.54, 1.807) is 13.8 Å². The van der Waals surface area contributed by atoms with Crippen LogP contribution in [0.25, 0.3) is 0 Å². The van der Waals surface area contributed by atoms with Gasteiger partial charge in [-0.05, 0) is 60.3 Å². The SMILES string of the molecule is CC(C)(C)CC(=O)NCCC(C)(C)OCC(C)(C)C(=O)NCC(NC(C)(C)C)C(=O)O. The Hall–Kier alpha value is -1.67. The molecule has 0 aliphatic heterocycles. The largest absolute Gasteiger partial charge is 0.480 e. The Balaban J connectivity index is 4.60. The first kappa shape index (κ1) is 29.3. The molecule has 0 aliphatic rings. The fraction of sp³-hybridized carbons (Fsp3) is 0.870. The van der Waals surface area contributed by atoms with E-state index in [9.17, 15) is 19.5 Å². The van der Waals surface area contributed by atoms with Crippen molar-refractivity contribution in [3.05, 3.63) is 0 Å². The molecule has 0 fully saturated rings. The molecular weight excluding hydrogens is 398 g/mol. The molecule has 0 aliphatic carbocycles. The van der Waals surface area contributed by atoms with Gasteiger partial charge in [0.1, 0.15) is 6.04 Å². The van der Waals surface area contributed by atoms with Crippen LogP contribution < -0.4 is 16.0 Å². The van der Waals surface area contributed by atoms with Crippen LogP contribution in [0.5, 0.6) is 0 Å². The van der Waals surface area contributed by atoms with Crippen LogP contribution in [0.15, 0.2) is 0 Å². The van der Waals surface area contributed by atoms with Gasteiger partial charge in [0.15, 0.2) is 0 Å². The monoisotopic (exact) mass is 443 g/mol. The number of carboxylic acids is 1. The zero-order chi connectivity index (χ0) is 24.7. The summed E-state index contributed by atoms with van der Waals surface area (Å²) in [5.41, 5.74) is -1.81. The predicted octanol–water partition coefficient (Wildman–Crippen LogP) is 2.71. The second-order valence-corrected chi connectivity index (χ2v) is 11.8. The first-order valence-electron chi connectivity index (χ1n) is 10.9. The number of hydrogen-bond acceptors (Lipinski definition) is 5. The molecular formula is C23H45N3O5. The summed E-state index contributed by atoms with van der Waals surface area (Å²) in [6, 6.07) is -0.881. The Morgan fingerprint density at radius 3 is 1.90 bits per heavy atom. The van der Waals surface area contributed by atoms with Gasteiger partial charge in [0.25, 0.3) is 0 Å². The Bertz CT molecular complexity index is 616. The molecule has 1 atom stereocenters. The predicted molar refractivity (Wildman–Crippen MR) is 123 cm³/mol. The van der Waals surface area contributed by atoms with E-state index in [-0.39, 0.29) is 30.4 Å². The molecule has 0 aromatic heterocycles. The molecule has 8 nitrogen and oxygen atoms in total. The lowest BCUT2D eigenvalue weighted by Crippen LogP contribution is -2.54. The number of hydrogen-bond donors (Lipinski definition) is 4. The quantitative estimate of drug-likeness (QED) is 0.368. The fourth-order valence-corrected chi connectivity index (χ4v) is 2.72. The van der Waals surface area contributed by atoms with Crippen molar-refractivity contribution in [2.24, 2.45) is 10.8 Å². The van der Waals surface area contributed by atoms with E-state index in [0.717, 1.165) is 0 Å². The summed E-state index contributed by atoms with van der Waals surface area (Å²) in [6.45, 7) is 19.7. The van der Waals surface area contributed by atoms with Gasteiger partial charge in [-0.15, -0.1) is 0 Å². The summed E-state index contributed by atoms with van der Waals surface area (Å²) in [5, 5.41) is 18.0. The van der Waals surface area contributed by atoms with E-state index < -0.39 is 28.6 Å². The van der Waals surface area contributed by atoms with Crippen LogP contribution in [0.2, 0.25) is 0 Å². The topological polar surface area (TPSA) is 117 Å². The van der Waals surface area contributed by atoms with Crippen LogP contribution >= 0.6 is 0 Å². The van der Waals surface area contributed by atoms with Gasteiger partial charge in [-0.1, -0.05) is 20.8 Å². The van der Waals surface area contributed by atoms with Crippen LogP contribution in [0, 0.1) is 10.8 Å². The third-order valence-corrected chi connectivity index (χ3v) is 4.55. The van der Waals surface area contributed by atoms with Gasteiger partial charge in [-0.2, -0.15) is 0 Å². The maximum atomic E-state index is 12.6. The highest BCUT2D eigenvalue weighted by atomic mass is 16.5. The van der Waals surface area contributed by atoms with Crippen LogP contribution in [0.4, 0.5) is 0 Å². The normalized spacial score (nSPS) is 14.1. The molecule has 8 heteroatoms. The van der Waals surface area contributed by atoms with Crippen LogP contribution in [0.1, 0.15) is 82.1 Å². The summed E-state index contributed by atoms with van der Waals surface area (Å²) in [7, 11) is 0. The summed E-state index contributed by atoms with van der Waals surface area (Å²) < 4.78 is 5.99. The molecule has 182 valence electrons. The summed E-state index contributed by atoms with van der Waals surface area (Å²) in [4.78, 5) is 36.1. The number of ether oxygens (including phenoxy) is 1. The number of amides is 2. The van der Waals surface area contributed by atoms with Gasteiger partial charge in [0.05, 0.1) is 17.6 Å². The van der Waals surface area contributed by atoms with E-state index >= 15 is 0 Å². The standard InChI is InChI=1S/C23H45N3O5/c1-20(2,3)13-17(27)24-12-11-23(9,10)31-15-22(7,8)19(30)25-14-16(18(28)29)26-21(4,5)6/h16,26H,11-15H2,1-10H3,(H,24,27)(H,25,30)(H,28,29). The number of nitrogens with one attached hydrogen (secondary N) is 3. The highest BCUT2D eigenvalue weighted by Gasteiger charge is 2.32. The van der Waals surface area contributed by atoms with E-state index in [0.29, 0.717) is 19.4 Å². The zero-order valence-corrected chi connectivity index (χ0v) is 21.2. The van der Waals surface area contributed by atoms with Gasteiger partial charge < -0.3 is 20.5 Å². The molecule has 4 N–H and O–H groups in total. The maximum absolute atomic E-state index is 12.6. The number of rotatable bonds is 12. The number of carbonyl (C=O) groups excluding carboxylic acids is 2. The van der Waals surface area contributed by atoms with Crippen molar-refractivity contribution < 1.29 is 24.2 Å². The van der Waals surface area contributed by atoms with E-state index in [2.05, 4.69) is 16.0 Å². The first-order chi connectivity index (χ1) is 13.7. The van der Waals surface area contributed by atoms with Crippen LogP contribution in [-0.4, -0.2) is 59.8 Å². The van der Waals surface area contributed by atoms with Crippen molar-refractivity contribution in [1.29, 1.82) is 0 Å². The molecule has 2 amide bonds. The summed E-state index contributed by atoms with van der Waals surface area (Å²) in [6.07, 6.45) is 1.07. The van der Waals surface area contributed by atoms with Gasteiger partial charge in [0, 0.05) is 25.0 Å². The van der Waals surface area contributed by atoms with Gasteiger partial charge >= 0.3 is 5.97 Å². The molecule has 0 rings (SSSR count). The maximum Gasteiger partial charge on any atom is 0.322 e. The average Bonchev–Trinajstić information content (AvgIpc) is 2.53. The highest BCUT2D eigenvalue weighted by Crippen LogP contribution is 2.22. The minimum Gasteiger partial charge on any atom is -0.480 e. The van der Waals surface area contributed by atoms with Crippen molar-refractivity contribution in [3.63, 3.8) is 0 Å². The van der Waals surface area contributed by atoms with E-state index in [1.807, 2.05) is 55.4 Å². The Kier molecular flexibility index (Phi) is 10.7. The zero-order valence-electron chi connectivity index (χ0n) is 21.2. The van der Waals surface area contributed by atoms with E-state index in [1.165, 1.54) is 0 Å². The molecule has 0 aromatic carbocycles. The third kappa shape index (κ3) is 14.1. The second-order valence-electron chi connectivity index (χ2n) is 11.8. The van der Waals surface area contributed by atoms with Crippen molar-refractivity contribution in [3.8, 4) is 0 Å². The van der Waals surface area contributed by atoms with Gasteiger partial charge in [0.2, 0.25) is 11.8 Å². The summed E-state index contributed by atoms with van der Waals surface area (Å²) in [5.74, 6) is -1.28. The smallest absolute Gasteiger partial charge is 0.322 e. The van der Waals surface area contributed by atoms with E-state index in [4.69, 9.17) is 4.74 Å². The average molecular weight is 444 g/mol. The molecule has 0 saturated carbocycles. The van der Waals surface area contributed by atoms with Crippen molar-refractivity contribution in [1.82, 2.24) is 16.0 Å². The Morgan fingerprint density at radius 2 is 1.45 bits per heavy atom. The molecule has 0 bridgehead atoms. The molecule has 0 aromatic rings. The third-order valence-electron chi connectivity index (χ3n) is 4.55. The van der Waals surface area contributed by atoms with Gasteiger partial charge in [-0.25, -0.2) is 0 Å². The lowest BCUT2D eigenvalue weighted by Gasteiger charge is -2.32. The van der Waals surface area contributed by atoms with Crippen molar-refractivity contribution >= 4 is 17.8 Å². The molecule has 0 heterocycles. The fourth-order valence-electron chi connectivity index (χ4n) is 2.72. The van der Waals surface area contributed by atoms with Gasteiger partial charge in [-0.3, -0.25) is 19.7 Å². The van der Waals surface area contributed by atoms with Crippen LogP contribution in [0.3, 0.4) is 0 Å². The lowest BCUT2D eigenvalue weighted by molar-refractivity contribution is -0.141. The molecule has 0 saturated heterocycles. The molecule has 31 heavy (non-hydrogen) atoms. The minimum absolute atomic E-state index is 0.0138. The first-order valence-corrected chi connectivity index (χ1v) is 10.9. The lowest BCUT2D eigenvalue weighted by atomic mass is 9.92. The summed E-state index contributed by atoms with van der Waals surface area (Å²) >= 11 is 0. The number of carboxylic acid groups (broad SMARTS) is 1. The van der Waals surface area contributed by atoms with Crippen LogP contribution in [-0.2, 0) is 19.1 Å². The molecule has 0 radical (unpaired) electrons. The minimum atomic E-state index is -1.01. The highest BCUT2D eigenvalue weighted by molar-refractivity contribution is 5.83. The molecule has 0 spiro atoms. The van der Waals surface area contributed by atoms with Crippen molar-refractivity contribution in [2.45, 2.75) is 99.3 Å². The van der Waals surface area contributed by atoms with Crippen molar-refractivity contribution in [2.75, 3.05) is 19.7 Å². The Morgan fingerprint density at radius 1 is 0.903 bits per heavy atom. The molecule has 1 unspecified atom stereocenters. The number of aliphatic carboxylic acids is 1. The Labute approximate surface area is 188 Å². The second kappa shape index (κ2) is 11.3.